The van der Waals surface area contributed by atoms with Crippen LogP contribution in [0.4, 0.5) is 11.4 Å². The maximum Gasteiger partial charge on any atom is 0.180 e. The molecule has 1 heterocycles. The highest BCUT2D eigenvalue weighted by atomic mass is 35.5. The Hall–Kier alpha value is -3.44. The van der Waals surface area contributed by atoms with Crippen LogP contribution in [0.15, 0.2) is 89.9 Å². The van der Waals surface area contributed by atoms with E-state index in [4.69, 9.17) is 49.3 Å². The third-order valence-corrected chi connectivity index (χ3v) is 8.64. The molecule has 0 spiro atoms. The van der Waals surface area contributed by atoms with Crippen LogP contribution in [-0.2, 0) is 6.61 Å². The van der Waals surface area contributed by atoms with Crippen LogP contribution in [0.1, 0.15) is 46.2 Å². The second-order valence-electron chi connectivity index (χ2n) is 10.5. The minimum absolute atomic E-state index is 0.227. The molecular weight excluding hydrogens is 575 g/mol. The molecule has 2 aliphatic rings. The number of fused-ring (bicyclic) bond motifs is 3. The van der Waals surface area contributed by atoms with Crippen molar-refractivity contribution in [3.8, 4) is 11.5 Å². The van der Waals surface area contributed by atoms with Gasteiger partial charge in [-0.2, -0.15) is 0 Å². The normalized spacial score (nSPS) is 19.1. The summed E-state index contributed by atoms with van der Waals surface area (Å²) in [6, 6.07) is 24.3. The Kier molecular flexibility index (Phi) is 7.99. The molecule has 4 nitrogen and oxygen atoms in total. The molecule has 3 atom stereocenters. The average molecular weight is 604 g/mol. The quantitative estimate of drug-likeness (QED) is 0.169. The van der Waals surface area contributed by atoms with Gasteiger partial charge in [-0.25, -0.2) is 0 Å². The summed E-state index contributed by atoms with van der Waals surface area (Å²) < 4.78 is 11.5. The SMILES string of the molecule is COc1cc(C=Nc2ccc([C@@H]3Nc4ccc(C)cc4[C@@H]4C=CC[C@@H]43)cc2)cc(Cl)c1OCc1ccc(Cl)cc1Cl. The fraction of sp³-hybridized carbons (Fsp3) is 0.206. The second kappa shape index (κ2) is 11.8. The number of anilines is 1. The third kappa shape index (κ3) is 5.83. The van der Waals surface area contributed by atoms with E-state index in [1.165, 1.54) is 22.4 Å². The Morgan fingerprint density at radius 1 is 0.951 bits per heavy atom. The largest absolute Gasteiger partial charge is 0.493 e. The number of aryl methyl sites for hydroxylation is 1. The second-order valence-corrected chi connectivity index (χ2v) is 11.7. The van der Waals surface area contributed by atoms with Gasteiger partial charge in [-0.3, -0.25) is 4.99 Å². The van der Waals surface area contributed by atoms with Gasteiger partial charge in [0.15, 0.2) is 11.5 Å². The number of allylic oxidation sites excluding steroid dienone is 2. The molecule has 208 valence electrons. The number of aliphatic imine (C=N–C) groups is 1. The summed E-state index contributed by atoms with van der Waals surface area (Å²) in [5.41, 5.74) is 7.65. The molecule has 0 saturated heterocycles. The van der Waals surface area contributed by atoms with Gasteiger partial charge >= 0.3 is 0 Å². The first-order chi connectivity index (χ1) is 19.9. The number of rotatable bonds is 7. The predicted molar refractivity (Wildman–Crippen MR) is 170 cm³/mol. The van der Waals surface area contributed by atoms with E-state index in [1.807, 2.05) is 12.1 Å². The van der Waals surface area contributed by atoms with Gasteiger partial charge in [0.1, 0.15) is 6.61 Å². The molecule has 1 N–H and O–H groups in total. The molecule has 0 aromatic heterocycles. The minimum Gasteiger partial charge on any atom is -0.493 e. The Morgan fingerprint density at radius 3 is 2.56 bits per heavy atom. The molecule has 4 aromatic carbocycles. The van der Waals surface area contributed by atoms with Crippen LogP contribution in [0.25, 0.3) is 0 Å². The molecule has 7 heteroatoms. The number of nitrogens with one attached hydrogen (secondary N) is 1. The van der Waals surface area contributed by atoms with Gasteiger partial charge in [-0.1, -0.05) is 82.9 Å². The van der Waals surface area contributed by atoms with Crippen LogP contribution in [0, 0.1) is 12.8 Å². The van der Waals surface area contributed by atoms with Crippen molar-refractivity contribution in [1.82, 2.24) is 0 Å². The predicted octanol–water partition coefficient (Wildman–Crippen LogP) is 10.1. The summed E-state index contributed by atoms with van der Waals surface area (Å²) in [4.78, 5) is 4.69. The van der Waals surface area contributed by atoms with Crippen LogP contribution in [0.2, 0.25) is 15.1 Å². The van der Waals surface area contributed by atoms with Crippen LogP contribution >= 0.6 is 34.8 Å². The van der Waals surface area contributed by atoms with Crippen LogP contribution in [0.5, 0.6) is 11.5 Å². The Labute approximate surface area is 255 Å². The summed E-state index contributed by atoms with van der Waals surface area (Å²) in [6.07, 6.45) is 7.54. The zero-order valence-corrected chi connectivity index (χ0v) is 25.0. The lowest BCUT2D eigenvalue weighted by Gasteiger charge is -2.37. The molecule has 0 bridgehead atoms. The molecule has 41 heavy (non-hydrogen) atoms. The summed E-state index contributed by atoms with van der Waals surface area (Å²) in [6.45, 7) is 2.38. The zero-order valence-electron chi connectivity index (χ0n) is 22.7. The van der Waals surface area contributed by atoms with Crippen molar-refractivity contribution in [3.05, 3.63) is 128 Å². The van der Waals surface area contributed by atoms with Crippen LogP contribution in [0.3, 0.4) is 0 Å². The summed E-state index contributed by atoms with van der Waals surface area (Å²) in [7, 11) is 1.58. The first kappa shape index (κ1) is 27.7. The molecule has 6 rings (SSSR count). The van der Waals surface area contributed by atoms with Crippen molar-refractivity contribution in [2.75, 3.05) is 12.4 Å². The lowest BCUT2D eigenvalue weighted by Crippen LogP contribution is -2.29. The number of nitrogens with zero attached hydrogens (tertiary/aromatic N) is 1. The van der Waals surface area contributed by atoms with E-state index in [-0.39, 0.29) is 12.6 Å². The lowest BCUT2D eigenvalue weighted by atomic mass is 9.76. The van der Waals surface area contributed by atoms with E-state index in [1.54, 1.807) is 31.5 Å². The van der Waals surface area contributed by atoms with Gasteiger partial charge in [0, 0.05) is 33.4 Å². The molecule has 4 aromatic rings. The lowest BCUT2D eigenvalue weighted by molar-refractivity contribution is 0.285. The van der Waals surface area contributed by atoms with Crippen molar-refractivity contribution in [2.45, 2.75) is 31.9 Å². The van der Waals surface area contributed by atoms with E-state index in [2.05, 4.69) is 66.9 Å². The highest BCUT2D eigenvalue weighted by Crippen LogP contribution is 2.50. The number of ether oxygens (including phenoxy) is 2. The van der Waals surface area contributed by atoms with Crippen molar-refractivity contribution >= 4 is 52.4 Å². The molecule has 0 amide bonds. The van der Waals surface area contributed by atoms with E-state index >= 15 is 0 Å². The fourth-order valence-electron chi connectivity index (χ4n) is 5.70. The van der Waals surface area contributed by atoms with Gasteiger partial charge in [0.25, 0.3) is 0 Å². The van der Waals surface area contributed by atoms with Crippen LogP contribution in [-0.4, -0.2) is 13.3 Å². The first-order valence-electron chi connectivity index (χ1n) is 13.5. The van der Waals surface area contributed by atoms with E-state index in [0.717, 1.165) is 23.2 Å². The molecule has 1 aliphatic carbocycles. The summed E-state index contributed by atoms with van der Waals surface area (Å²) in [5, 5.41) is 5.33. The smallest absolute Gasteiger partial charge is 0.180 e. The van der Waals surface area contributed by atoms with Gasteiger partial charge < -0.3 is 14.8 Å². The van der Waals surface area contributed by atoms with Crippen molar-refractivity contribution in [1.29, 1.82) is 0 Å². The summed E-state index contributed by atoms with van der Waals surface area (Å²) in [5.74, 6) is 1.91. The highest BCUT2D eigenvalue weighted by Gasteiger charge is 2.37. The first-order valence-corrected chi connectivity index (χ1v) is 14.6. The zero-order chi connectivity index (χ0) is 28.5. The number of methoxy groups -OCH3 is 1. The Morgan fingerprint density at radius 2 is 1.78 bits per heavy atom. The monoisotopic (exact) mass is 602 g/mol. The Balaban J connectivity index is 1.17. The molecule has 0 radical (unpaired) electrons. The number of benzene rings is 4. The molecule has 1 aliphatic heterocycles. The Bertz CT molecular complexity index is 1650. The van der Waals surface area contributed by atoms with E-state index < -0.39 is 0 Å². The molecule has 0 saturated carbocycles. The molecular formula is C34H29Cl3N2O2. The van der Waals surface area contributed by atoms with Gasteiger partial charge in [-0.05, 0) is 78.4 Å². The van der Waals surface area contributed by atoms with Crippen LogP contribution < -0.4 is 14.8 Å². The van der Waals surface area contributed by atoms with Gasteiger partial charge in [0.05, 0.1) is 23.9 Å². The fourth-order valence-corrected chi connectivity index (χ4v) is 6.44. The standard InChI is InChI=1S/C34H29Cl3N2O2/c1-20-6-13-31-28(14-20)26-4-3-5-27(26)33(39-31)22-8-11-25(12-9-22)38-18-21-15-30(37)34(32(16-21)40-2)41-19-23-7-10-24(35)17-29(23)36/h3-4,6-18,26-27,33,39H,5,19H2,1-2H3/t26-,27+,33+/m1/s1. The van der Waals surface area contributed by atoms with Crippen molar-refractivity contribution < 1.29 is 9.47 Å². The maximum atomic E-state index is 6.59. The maximum absolute atomic E-state index is 6.59. The van der Waals surface area contributed by atoms with Gasteiger partial charge in [-0.15, -0.1) is 0 Å². The minimum atomic E-state index is 0.227. The molecule has 0 fully saturated rings. The van der Waals surface area contributed by atoms with Crippen molar-refractivity contribution in [2.24, 2.45) is 10.9 Å². The number of hydrogen-bond acceptors (Lipinski definition) is 4. The summed E-state index contributed by atoms with van der Waals surface area (Å²) >= 11 is 18.9. The molecule has 0 unspecified atom stereocenters. The van der Waals surface area contributed by atoms with Gasteiger partial charge in [0.2, 0.25) is 0 Å². The third-order valence-electron chi connectivity index (χ3n) is 7.77. The topological polar surface area (TPSA) is 42.8 Å². The average Bonchev–Trinajstić information content (AvgIpc) is 3.47. The number of hydrogen-bond donors (Lipinski definition) is 1. The van der Waals surface area contributed by atoms with E-state index in [0.29, 0.717) is 38.4 Å². The highest BCUT2D eigenvalue weighted by molar-refractivity contribution is 6.35. The van der Waals surface area contributed by atoms with E-state index in [9.17, 15) is 0 Å². The van der Waals surface area contributed by atoms with Crippen molar-refractivity contribution in [3.63, 3.8) is 0 Å². The number of halogens is 3.